The van der Waals surface area contributed by atoms with Crippen molar-refractivity contribution in [3.8, 4) is 67.5 Å². The number of nitrogens with one attached hydrogen (secondary N) is 2. The Hall–Kier alpha value is -12.0. The summed E-state index contributed by atoms with van der Waals surface area (Å²) in [4.78, 5) is 87.0. The molecule has 8 bridgehead atoms. The van der Waals surface area contributed by atoms with Crippen molar-refractivity contribution in [3.05, 3.63) is 264 Å². The van der Waals surface area contributed by atoms with Crippen LogP contribution in [0.3, 0.4) is 0 Å². The third-order valence-corrected chi connectivity index (χ3v) is 13.8. The molecular weight excluding hydrogens is 1060 g/mol. The first-order chi connectivity index (χ1) is 41.2. The molecule has 0 spiro atoms. The predicted octanol–water partition coefficient (Wildman–Crippen LogP) is 13.8. The lowest BCUT2D eigenvalue weighted by Crippen LogP contribution is -2.08. The van der Waals surface area contributed by atoms with Crippen LogP contribution in [0.25, 0.3) is 90.9 Å². The zero-order valence-corrected chi connectivity index (χ0v) is 44.0. The molecule has 7 aromatic heterocycles. The van der Waals surface area contributed by atoms with E-state index in [-0.39, 0.29) is 0 Å². The number of hydrogen-bond acceptors (Lipinski definition) is 14. The van der Waals surface area contributed by atoms with E-state index in [1.54, 1.807) is 122 Å². The number of pyridine rings is 4. The van der Waals surface area contributed by atoms with E-state index in [4.69, 9.17) is 28.9 Å². The number of fused-ring (bicyclic) bond motifs is 8. The van der Waals surface area contributed by atoms with Gasteiger partial charge in [-0.3, -0.25) is 19.9 Å². The first-order valence-electron chi connectivity index (χ1n) is 26.3. The molecule has 4 aromatic carbocycles. The summed E-state index contributed by atoms with van der Waals surface area (Å²) in [6.07, 6.45) is 20.0. The topological polar surface area (TPSA) is 214 Å². The average Bonchev–Trinajstić information content (AvgIpc) is 3.51. The first-order valence-corrected chi connectivity index (χ1v) is 26.3. The molecule has 84 heavy (non-hydrogen) atoms. The monoisotopic (exact) mass is 1100 g/mol. The predicted molar refractivity (Wildman–Crippen MR) is 317 cm³/mol. The van der Waals surface area contributed by atoms with Crippen molar-refractivity contribution in [3.63, 3.8) is 0 Å². The van der Waals surface area contributed by atoms with Crippen LogP contribution in [0.15, 0.2) is 219 Å². The van der Waals surface area contributed by atoms with Crippen LogP contribution >= 0.6 is 0 Å². The number of carbonyl (C=O) groups excluding carboxylic acids is 4. The molecule has 2 N–H and O–H groups in total. The summed E-state index contributed by atoms with van der Waals surface area (Å²) in [5.74, 6) is -0.865. The Balaban J connectivity index is 1.01. The number of benzene rings is 4. The van der Waals surface area contributed by atoms with Crippen molar-refractivity contribution >= 4 is 70.2 Å². The molecular formula is C68H42N8O8. The first kappa shape index (κ1) is 51.4. The average molecular weight is 1100 g/mol. The summed E-state index contributed by atoms with van der Waals surface area (Å²) in [5, 5.41) is 0. The number of esters is 4. The molecule has 16 nitrogen and oxygen atoms in total. The van der Waals surface area contributed by atoms with E-state index in [0.29, 0.717) is 90.1 Å². The molecule has 402 valence electrons. The van der Waals surface area contributed by atoms with Gasteiger partial charge in [0.25, 0.3) is 0 Å². The Morgan fingerprint density at radius 3 is 0.714 bits per heavy atom. The summed E-state index contributed by atoms with van der Waals surface area (Å²) in [5.41, 5.74) is 12.4. The highest BCUT2D eigenvalue weighted by Crippen LogP contribution is 2.40. The van der Waals surface area contributed by atoms with Gasteiger partial charge < -0.3 is 28.9 Å². The molecule has 0 amide bonds. The van der Waals surface area contributed by atoms with Gasteiger partial charge in [0.15, 0.2) is 0 Å². The number of aromatic amines is 2. The van der Waals surface area contributed by atoms with E-state index >= 15 is 0 Å². The number of aromatic nitrogens is 8. The number of nitrogens with zero attached hydrogens (tertiary/aromatic N) is 6. The molecule has 2 aliphatic heterocycles. The molecule has 0 atom stereocenters. The molecule has 0 unspecified atom stereocenters. The van der Waals surface area contributed by atoms with Crippen LogP contribution < -0.4 is 18.9 Å². The third-order valence-electron chi connectivity index (χ3n) is 13.8. The Morgan fingerprint density at radius 1 is 0.286 bits per heavy atom. The van der Waals surface area contributed by atoms with Gasteiger partial charge in [-0.2, -0.15) is 0 Å². The van der Waals surface area contributed by atoms with Crippen molar-refractivity contribution in [2.45, 2.75) is 0 Å². The second-order valence-electron chi connectivity index (χ2n) is 19.1. The largest absolute Gasteiger partial charge is 0.423 e. The van der Waals surface area contributed by atoms with Crippen LogP contribution in [0.4, 0.5) is 0 Å². The number of carbonyl (C=O) groups is 4. The van der Waals surface area contributed by atoms with Crippen molar-refractivity contribution in [2.24, 2.45) is 0 Å². The van der Waals surface area contributed by atoms with Crippen LogP contribution in [0, 0.1) is 0 Å². The summed E-state index contributed by atoms with van der Waals surface area (Å²) in [6, 6.07) is 50.0. The van der Waals surface area contributed by atoms with E-state index in [1.807, 2.05) is 97.1 Å². The van der Waals surface area contributed by atoms with Crippen molar-refractivity contribution in [1.82, 2.24) is 39.9 Å². The second kappa shape index (κ2) is 22.6. The molecule has 9 heterocycles. The Morgan fingerprint density at radius 2 is 0.512 bits per heavy atom. The minimum Gasteiger partial charge on any atom is -0.423 e. The molecule has 11 aromatic rings. The lowest BCUT2D eigenvalue weighted by atomic mass is 10.0. The van der Waals surface area contributed by atoms with Crippen molar-refractivity contribution in [1.29, 1.82) is 0 Å². The van der Waals surface area contributed by atoms with Crippen LogP contribution in [-0.2, 0) is 0 Å². The number of rotatable bonds is 12. The van der Waals surface area contributed by atoms with Crippen molar-refractivity contribution in [2.75, 3.05) is 0 Å². The lowest BCUT2D eigenvalue weighted by molar-refractivity contribution is 0.0724. The van der Waals surface area contributed by atoms with Crippen LogP contribution in [0.1, 0.15) is 64.2 Å². The van der Waals surface area contributed by atoms with Gasteiger partial charge >= 0.3 is 23.9 Å². The van der Waals surface area contributed by atoms with Gasteiger partial charge in [-0.1, -0.05) is 48.5 Å². The molecule has 13 rings (SSSR count). The lowest BCUT2D eigenvalue weighted by Gasteiger charge is -2.09. The SMILES string of the molecule is O=C(Oc1ccc(-c2c3nc(c(-c4ccc(OC(=O)c5cccnc5)cc4)c4ccc([nH]4)c(-c4ccc(OC(=O)c5cccnc5)cc4)c4nc(c(-c5ccc(OC(=O)c6cccnc6)cc5)c5ccc2[nH]5)C=C4)C=C3)cc1)c1cccnc1. The van der Waals surface area contributed by atoms with E-state index in [1.165, 1.54) is 24.8 Å². The minimum absolute atomic E-state index is 0.312. The summed E-state index contributed by atoms with van der Waals surface area (Å²) < 4.78 is 23.1. The molecule has 16 heteroatoms. The zero-order valence-electron chi connectivity index (χ0n) is 44.0. The van der Waals surface area contributed by atoms with Crippen LogP contribution in [0.2, 0.25) is 0 Å². The number of H-pyrrole nitrogens is 2. The molecule has 0 aliphatic carbocycles. The number of ether oxygens (including phenoxy) is 4. The van der Waals surface area contributed by atoms with Crippen LogP contribution in [-0.4, -0.2) is 63.7 Å². The highest BCUT2D eigenvalue weighted by molar-refractivity contribution is 6.01. The van der Waals surface area contributed by atoms with Gasteiger partial charge in [-0.15, -0.1) is 0 Å². The molecule has 2 aliphatic rings. The molecule has 0 saturated heterocycles. The van der Waals surface area contributed by atoms with Gasteiger partial charge in [0.2, 0.25) is 0 Å². The van der Waals surface area contributed by atoms with E-state index in [0.717, 1.165) is 44.5 Å². The highest BCUT2D eigenvalue weighted by atomic mass is 16.5. The standard InChI is InChI=1S/C68H42N8O8/c77-65(45-5-1-33-69-37-45)81-49-17-9-41(10-18-49)61-53-25-27-55(73-53)62(42-11-19-50(20-12-42)82-66(78)46-6-2-34-70-38-46)57-29-31-59(75-57)64(44-15-23-52(24-16-44)84-68(80)48-8-4-36-72-40-48)60-32-30-58(76-60)63(56-28-26-54(61)74-56)43-13-21-51(22-14-43)83-67(79)47-7-3-35-71-39-47/h1-40,73,76H. The fraction of sp³-hybridized carbons (Fsp3) is 0. The normalized spacial score (nSPS) is 11.4. The van der Waals surface area contributed by atoms with E-state index < -0.39 is 23.9 Å². The van der Waals surface area contributed by atoms with Crippen LogP contribution in [0.5, 0.6) is 23.0 Å². The smallest absolute Gasteiger partial charge is 0.345 e. The Labute approximate surface area is 478 Å². The Bertz CT molecular complexity index is 3990. The van der Waals surface area contributed by atoms with Crippen molar-refractivity contribution < 1.29 is 38.1 Å². The summed E-state index contributed by atoms with van der Waals surface area (Å²) in [7, 11) is 0. The fourth-order valence-electron chi connectivity index (χ4n) is 9.78. The zero-order chi connectivity index (χ0) is 56.9. The molecule has 0 saturated carbocycles. The van der Waals surface area contributed by atoms with Gasteiger partial charge in [0.1, 0.15) is 23.0 Å². The van der Waals surface area contributed by atoms with Gasteiger partial charge in [-0.25, -0.2) is 29.1 Å². The van der Waals surface area contributed by atoms with Gasteiger partial charge in [-0.05, 0) is 168 Å². The van der Waals surface area contributed by atoms with Gasteiger partial charge in [0.05, 0.1) is 45.0 Å². The van der Waals surface area contributed by atoms with E-state index in [2.05, 4.69) is 29.9 Å². The van der Waals surface area contributed by atoms with Gasteiger partial charge in [0, 0.05) is 93.9 Å². The molecule has 0 fully saturated rings. The van der Waals surface area contributed by atoms with E-state index in [9.17, 15) is 19.2 Å². The highest BCUT2D eigenvalue weighted by Gasteiger charge is 2.21. The minimum atomic E-state index is -0.547. The maximum Gasteiger partial charge on any atom is 0.345 e. The second-order valence-corrected chi connectivity index (χ2v) is 19.1. The third kappa shape index (κ3) is 10.7. The Kier molecular flexibility index (Phi) is 13.8. The summed E-state index contributed by atoms with van der Waals surface area (Å²) in [6.45, 7) is 0. The quantitative estimate of drug-likeness (QED) is 0.0860. The maximum atomic E-state index is 13.1. The number of hydrogen-bond donors (Lipinski definition) is 2. The maximum absolute atomic E-state index is 13.1. The fourth-order valence-corrected chi connectivity index (χ4v) is 9.78. The summed E-state index contributed by atoms with van der Waals surface area (Å²) >= 11 is 0. The molecule has 0 radical (unpaired) electrons.